The molecule has 1 aliphatic heterocycles. The zero-order chi connectivity index (χ0) is 24.0. The Morgan fingerprint density at radius 1 is 0.879 bits per heavy atom. The number of ether oxygens (including phenoxy) is 3. The van der Waals surface area contributed by atoms with Gasteiger partial charge in [-0.25, -0.2) is 0 Å². The molecule has 1 saturated heterocycles. The van der Waals surface area contributed by atoms with Gasteiger partial charge in [0.05, 0.1) is 12.0 Å². The number of ketones is 1. The van der Waals surface area contributed by atoms with Crippen LogP contribution in [0.15, 0.2) is 48.5 Å². The van der Waals surface area contributed by atoms with Gasteiger partial charge in [0.25, 0.3) is 11.5 Å². The lowest BCUT2D eigenvalue weighted by Gasteiger charge is -2.49. The van der Waals surface area contributed by atoms with E-state index in [4.69, 9.17) is 14.2 Å². The van der Waals surface area contributed by atoms with Crippen molar-refractivity contribution in [2.45, 2.75) is 44.3 Å². The molecule has 9 heteroatoms. The van der Waals surface area contributed by atoms with Crippen LogP contribution in [0.3, 0.4) is 0 Å². The number of non-ortho nitro benzene ring substituents is 1. The van der Waals surface area contributed by atoms with Gasteiger partial charge in [0.1, 0.15) is 11.5 Å². The molecular formula is C24H23NO8. The molecule has 33 heavy (non-hydrogen) atoms. The van der Waals surface area contributed by atoms with Crippen molar-refractivity contribution in [3.8, 4) is 5.75 Å². The summed E-state index contributed by atoms with van der Waals surface area (Å²) < 4.78 is 16.3. The van der Waals surface area contributed by atoms with Crippen LogP contribution in [0.1, 0.15) is 49.7 Å². The van der Waals surface area contributed by atoms with E-state index in [9.17, 15) is 24.5 Å². The molecule has 2 fully saturated rings. The van der Waals surface area contributed by atoms with Crippen LogP contribution < -0.4 is 4.74 Å². The minimum absolute atomic E-state index is 0.0551. The van der Waals surface area contributed by atoms with Crippen LogP contribution in [0.4, 0.5) is 5.69 Å². The summed E-state index contributed by atoms with van der Waals surface area (Å²) in [5, 5.41) is 11.1. The first kappa shape index (κ1) is 22.4. The average Bonchev–Trinajstić information content (AvgIpc) is 2.77. The predicted octanol–water partition coefficient (Wildman–Crippen LogP) is 3.66. The Kier molecular flexibility index (Phi) is 5.43. The summed E-state index contributed by atoms with van der Waals surface area (Å²) in [7, 11) is 1.52. The first-order valence-corrected chi connectivity index (χ1v) is 10.5. The van der Waals surface area contributed by atoms with E-state index in [0.717, 1.165) is 0 Å². The lowest BCUT2D eigenvalue weighted by Crippen LogP contribution is -2.61. The molecular weight excluding hydrogens is 430 g/mol. The molecule has 2 aromatic carbocycles. The lowest BCUT2D eigenvalue weighted by molar-refractivity contribution is -0.384. The minimum Gasteiger partial charge on any atom is -0.497 e. The van der Waals surface area contributed by atoms with E-state index in [0.29, 0.717) is 16.9 Å². The third-order valence-corrected chi connectivity index (χ3v) is 6.34. The van der Waals surface area contributed by atoms with E-state index < -0.39 is 39.9 Å². The molecule has 1 spiro atoms. The number of carbonyl (C=O) groups excluding carboxylic acids is 3. The van der Waals surface area contributed by atoms with E-state index in [1.807, 2.05) is 0 Å². The maximum Gasteiger partial charge on any atom is 0.328 e. The molecule has 0 N–H and O–H groups in total. The van der Waals surface area contributed by atoms with Gasteiger partial charge in [0.15, 0.2) is 5.41 Å². The van der Waals surface area contributed by atoms with Crippen molar-refractivity contribution < 1.29 is 33.5 Å². The molecule has 0 amide bonds. The number of nitro benzene ring substituents is 1. The van der Waals surface area contributed by atoms with Crippen molar-refractivity contribution in [1.29, 1.82) is 0 Å². The number of methoxy groups -OCH3 is 1. The second-order valence-corrected chi connectivity index (χ2v) is 8.72. The van der Waals surface area contributed by atoms with Crippen molar-refractivity contribution in [3.63, 3.8) is 0 Å². The summed E-state index contributed by atoms with van der Waals surface area (Å²) in [6, 6.07) is 12.3. The number of benzene rings is 2. The first-order valence-electron chi connectivity index (χ1n) is 10.5. The van der Waals surface area contributed by atoms with E-state index in [1.54, 1.807) is 24.3 Å². The third-order valence-electron chi connectivity index (χ3n) is 6.34. The molecule has 0 radical (unpaired) electrons. The van der Waals surface area contributed by atoms with Gasteiger partial charge >= 0.3 is 11.9 Å². The number of esters is 2. The number of rotatable bonds is 4. The van der Waals surface area contributed by atoms with Crippen LogP contribution in [-0.4, -0.2) is 35.5 Å². The van der Waals surface area contributed by atoms with Gasteiger partial charge in [-0.1, -0.05) is 24.3 Å². The smallest absolute Gasteiger partial charge is 0.328 e. The molecule has 2 atom stereocenters. The number of nitrogens with zero attached hydrogens (tertiary/aromatic N) is 1. The predicted molar refractivity (Wildman–Crippen MR) is 115 cm³/mol. The summed E-state index contributed by atoms with van der Waals surface area (Å²) >= 11 is 0. The van der Waals surface area contributed by atoms with Gasteiger partial charge in [-0.15, -0.1) is 0 Å². The quantitative estimate of drug-likeness (QED) is 0.298. The molecule has 2 aliphatic rings. The molecule has 0 bridgehead atoms. The Bertz CT molecular complexity index is 1100. The number of hydrogen-bond donors (Lipinski definition) is 0. The Hall–Kier alpha value is -3.75. The summed E-state index contributed by atoms with van der Waals surface area (Å²) in [5.41, 5.74) is -0.935. The molecule has 172 valence electrons. The highest BCUT2D eigenvalue weighted by molar-refractivity contribution is 6.06. The molecule has 0 unspecified atom stereocenters. The highest BCUT2D eigenvalue weighted by Crippen LogP contribution is 2.58. The van der Waals surface area contributed by atoms with Gasteiger partial charge in [0, 0.05) is 50.7 Å². The van der Waals surface area contributed by atoms with Crippen LogP contribution in [-0.2, 0) is 23.9 Å². The second-order valence-electron chi connectivity index (χ2n) is 8.72. The largest absolute Gasteiger partial charge is 0.497 e. The topological polar surface area (TPSA) is 122 Å². The van der Waals surface area contributed by atoms with E-state index in [2.05, 4.69) is 0 Å². The van der Waals surface area contributed by atoms with Crippen LogP contribution in [0.25, 0.3) is 0 Å². The maximum absolute atomic E-state index is 13.6. The molecule has 9 nitrogen and oxygen atoms in total. The number of hydrogen-bond acceptors (Lipinski definition) is 8. The Morgan fingerprint density at radius 2 is 1.33 bits per heavy atom. The summed E-state index contributed by atoms with van der Waals surface area (Å²) in [6.45, 7) is 2.93. The van der Waals surface area contributed by atoms with Crippen LogP contribution in [0.5, 0.6) is 5.75 Å². The number of carbonyl (C=O) groups is 3. The third kappa shape index (κ3) is 3.73. The molecule has 1 aliphatic carbocycles. The zero-order valence-electron chi connectivity index (χ0n) is 18.4. The fourth-order valence-corrected chi connectivity index (χ4v) is 4.82. The van der Waals surface area contributed by atoms with Gasteiger partial charge in [-0.05, 0) is 23.3 Å². The average molecular weight is 453 g/mol. The number of nitro groups is 1. The first-order chi connectivity index (χ1) is 15.6. The fraction of sp³-hybridized carbons (Fsp3) is 0.375. The van der Waals surface area contributed by atoms with Crippen molar-refractivity contribution >= 4 is 23.4 Å². The summed E-state index contributed by atoms with van der Waals surface area (Å²) in [4.78, 5) is 50.6. The monoisotopic (exact) mass is 453 g/mol. The molecule has 0 aromatic heterocycles. The molecule has 1 saturated carbocycles. The Balaban J connectivity index is 1.90. The highest BCUT2D eigenvalue weighted by Gasteiger charge is 2.67. The van der Waals surface area contributed by atoms with Crippen molar-refractivity contribution in [2.75, 3.05) is 7.11 Å². The van der Waals surface area contributed by atoms with Gasteiger partial charge in [0.2, 0.25) is 0 Å². The normalized spacial score (nSPS) is 23.5. The summed E-state index contributed by atoms with van der Waals surface area (Å²) in [6.07, 6.45) is -0.157. The second kappa shape index (κ2) is 7.99. The highest BCUT2D eigenvalue weighted by atomic mass is 16.7. The van der Waals surface area contributed by atoms with Crippen molar-refractivity contribution in [2.24, 2.45) is 5.41 Å². The van der Waals surface area contributed by atoms with Crippen LogP contribution in [0.2, 0.25) is 0 Å². The maximum atomic E-state index is 13.6. The standard InChI is InChI=1S/C24H23NO8/c1-23(2)32-21(27)24(22(28)33-23)19(14-4-8-16(9-5-14)25(29)30)12-17(26)13-20(24)15-6-10-18(31-3)11-7-15/h4-11,19-20H,12-13H2,1-3H3/t19-,20+/m1/s1. The van der Waals surface area contributed by atoms with Crippen LogP contribution >= 0.6 is 0 Å². The fourth-order valence-electron chi connectivity index (χ4n) is 4.82. The van der Waals surface area contributed by atoms with E-state index in [-0.39, 0.29) is 24.3 Å². The Labute approximate surface area is 189 Å². The van der Waals surface area contributed by atoms with Gasteiger partial charge in [-0.3, -0.25) is 24.5 Å². The molecule has 1 heterocycles. The minimum atomic E-state index is -1.83. The van der Waals surface area contributed by atoms with Gasteiger partial charge < -0.3 is 14.2 Å². The molecule has 4 rings (SSSR count). The zero-order valence-corrected chi connectivity index (χ0v) is 18.4. The SMILES string of the molecule is COc1ccc([C@@H]2CC(=O)C[C@H](c3ccc([N+](=O)[O-])cc3)C23C(=O)OC(C)(C)OC3=O)cc1. The van der Waals surface area contributed by atoms with Gasteiger partial charge in [-0.2, -0.15) is 0 Å². The van der Waals surface area contributed by atoms with Crippen molar-refractivity contribution in [3.05, 3.63) is 69.8 Å². The lowest BCUT2D eigenvalue weighted by atomic mass is 9.55. The number of Topliss-reactive ketones (excluding diaryl/α,β-unsaturated/α-hetero) is 1. The van der Waals surface area contributed by atoms with E-state index >= 15 is 0 Å². The summed E-state index contributed by atoms with van der Waals surface area (Å²) in [5.74, 6) is -4.33. The van der Waals surface area contributed by atoms with E-state index in [1.165, 1.54) is 45.2 Å². The Morgan fingerprint density at radius 3 is 1.76 bits per heavy atom. The van der Waals surface area contributed by atoms with Crippen molar-refractivity contribution in [1.82, 2.24) is 0 Å². The van der Waals surface area contributed by atoms with Crippen LogP contribution in [0, 0.1) is 15.5 Å². The number of cyclic esters (lactones) is 2. The molecule has 2 aromatic rings.